The van der Waals surface area contributed by atoms with E-state index in [9.17, 15) is 9.59 Å². The van der Waals surface area contributed by atoms with Crippen molar-refractivity contribution in [2.24, 2.45) is 0 Å². The van der Waals surface area contributed by atoms with Gasteiger partial charge in [-0.1, -0.05) is 25.5 Å². The number of ether oxygens (including phenoxy) is 1. The van der Waals surface area contributed by atoms with Crippen molar-refractivity contribution >= 4 is 16.8 Å². The van der Waals surface area contributed by atoms with Gasteiger partial charge in [-0.05, 0) is 68.1 Å². The number of amides is 1. The summed E-state index contributed by atoms with van der Waals surface area (Å²) >= 11 is 0. The molecule has 1 amide bonds. The van der Waals surface area contributed by atoms with Crippen molar-refractivity contribution in [1.29, 1.82) is 0 Å². The first-order valence-corrected chi connectivity index (χ1v) is 10.1. The highest BCUT2D eigenvalue weighted by Gasteiger charge is 2.09. The smallest absolute Gasteiger partial charge is 0.251 e. The Labute approximate surface area is 171 Å². The fraction of sp³-hybridized carbons (Fsp3) is 0.333. The second kappa shape index (κ2) is 9.41. The normalized spacial score (nSPS) is 10.9. The van der Waals surface area contributed by atoms with E-state index < -0.39 is 0 Å². The third kappa shape index (κ3) is 5.05. The predicted molar refractivity (Wildman–Crippen MR) is 117 cm³/mol. The van der Waals surface area contributed by atoms with Crippen molar-refractivity contribution in [2.75, 3.05) is 13.2 Å². The van der Waals surface area contributed by atoms with Crippen LogP contribution in [0.1, 0.15) is 46.8 Å². The van der Waals surface area contributed by atoms with Gasteiger partial charge >= 0.3 is 0 Å². The van der Waals surface area contributed by atoms with Crippen LogP contribution >= 0.6 is 0 Å². The fourth-order valence-corrected chi connectivity index (χ4v) is 3.25. The maximum Gasteiger partial charge on any atom is 0.251 e. The maximum atomic E-state index is 12.4. The SMILES string of the molecule is CCCCOc1ccc(C(=O)NCCc2cc3c(C)ccc(C)c3[nH]c2=O)cc1. The summed E-state index contributed by atoms with van der Waals surface area (Å²) in [6.07, 6.45) is 2.57. The number of pyridine rings is 1. The number of aryl methyl sites for hydroxylation is 2. The lowest BCUT2D eigenvalue weighted by atomic mass is 10.0. The highest BCUT2D eigenvalue weighted by Crippen LogP contribution is 2.19. The highest BCUT2D eigenvalue weighted by molar-refractivity contribution is 5.94. The molecule has 1 heterocycles. The highest BCUT2D eigenvalue weighted by atomic mass is 16.5. The molecule has 0 saturated carbocycles. The summed E-state index contributed by atoms with van der Waals surface area (Å²) in [6.45, 7) is 7.21. The number of aromatic amines is 1. The number of carbonyl (C=O) groups excluding carboxylic acids is 1. The van der Waals surface area contributed by atoms with E-state index in [4.69, 9.17) is 4.74 Å². The van der Waals surface area contributed by atoms with Gasteiger partial charge in [-0.3, -0.25) is 9.59 Å². The number of hydrogen-bond donors (Lipinski definition) is 2. The molecule has 1 aromatic heterocycles. The van der Waals surface area contributed by atoms with E-state index in [-0.39, 0.29) is 11.5 Å². The average Bonchev–Trinajstić information content (AvgIpc) is 2.72. The molecule has 0 fully saturated rings. The first kappa shape index (κ1) is 20.6. The summed E-state index contributed by atoms with van der Waals surface area (Å²) in [4.78, 5) is 27.8. The Morgan fingerprint density at radius 1 is 1.07 bits per heavy atom. The summed E-state index contributed by atoms with van der Waals surface area (Å²) in [7, 11) is 0. The van der Waals surface area contributed by atoms with Crippen molar-refractivity contribution in [3.63, 3.8) is 0 Å². The monoisotopic (exact) mass is 392 g/mol. The molecular formula is C24H28N2O3. The maximum absolute atomic E-state index is 12.4. The average molecular weight is 392 g/mol. The Morgan fingerprint density at radius 2 is 1.79 bits per heavy atom. The first-order valence-electron chi connectivity index (χ1n) is 10.1. The number of nitrogens with one attached hydrogen (secondary N) is 2. The van der Waals surface area contributed by atoms with Gasteiger partial charge in [-0.25, -0.2) is 0 Å². The summed E-state index contributed by atoms with van der Waals surface area (Å²) in [6, 6.07) is 13.1. The van der Waals surface area contributed by atoms with Gasteiger partial charge in [-0.2, -0.15) is 0 Å². The topological polar surface area (TPSA) is 71.2 Å². The van der Waals surface area contributed by atoms with E-state index in [0.717, 1.165) is 40.6 Å². The van der Waals surface area contributed by atoms with E-state index in [1.165, 1.54) is 0 Å². The Morgan fingerprint density at radius 3 is 2.52 bits per heavy atom. The van der Waals surface area contributed by atoms with Crippen LogP contribution in [0.25, 0.3) is 10.9 Å². The van der Waals surface area contributed by atoms with Gasteiger partial charge < -0.3 is 15.0 Å². The van der Waals surface area contributed by atoms with Crippen LogP contribution in [0.2, 0.25) is 0 Å². The lowest BCUT2D eigenvalue weighted by Crippen LogP contribution is -2.27. The molecule has 3 rings (SSSR count). The molecule has 0 atom stereocenters. The molecule has 0 aliphatic heterocycles. The van der Waals surface area contributed by atoms with Crippen molar-refractivity contribution in [3.8, 4) is 5.75 Å². The molecule has 0 radical (unpaired) electrons. The van der Waals surface area contributed by atoms with Gasteiger partial charge in [0.15, 0.2) is 0 Å². The van der Waals surface area contributed by atoms with Crippen molar-refractivity contribution < 1.29 is 9.53 Å². The molecule has 152 valence electrons. The van der Waals surface area contributed by atoms with Gasteiger partial charge in [-0.15, -0.1) is 0 Å². The molecule has 2 N–H and O–H groups in total. The zero-order valence-electron chi connectivity index (χ0n) is 17.3. The molecule has 0 aliphatic carbocycles. The number of rotatable bonds is 8. The summed E-state index contributed by atoms with van der Waals surface area (Å²) in [5.41, 5.74) is 4.19. The van der Waals surface area contributed by atoms with E-state index in [0.29, 0.717) is 30.7 Å². The molecular weight excluding hydrogens is 364 g/mol. The minimum Gasteiger partial charge on any atom is -0.494 e. The van der Waals surface area contributed by atoms with Crippen LogP contribution in [-0.2, 0) is 6.42 Å². The third-order valence-electron chi connectivity index (χ3n) is 5.08. The van der Waals surface area contributed by atoms with E-state index in [1.807, 2.05) is 38.1 Å². The van der Waals surface area contributed by atoms with E-state index in [1.54, 1.807) is 12.1 Å². The lowest BCUT2D eigenvalue weighted by Gasteiger charge is -2.09. The van der Waals surface area contributed by atoms with Gasteiger partial charge in [0.2, 0.25) is 0 Å². The Hall–Kier alpha value is -3.08. The molecule has 0 spiro atoms. The van der Waals surface area contributed by atoms with Crippen molar-refractivity contribution in [3.05, 3.63) is 75.1 Å². The Balaban J connectivity index is 1.61. The van der Waals surface area contributed by atoms with E-state index in [2.05, 4.69) is 23.3 Å². The molecule has 0 unspecified atom stereocenters. The quantitative estimate of drug-likeness (QED) is 0.562. The van der Waals surface area contributed by atoms with Crippen LogP contribution in [0.15, 0.2) is 47.3 Å². The number of fused-ring (bicyclic) bond motifs is 1. The largest absolute Gasteiger partial charge is 0.494 e. The van der Waals surface area contributed by atoms with Crippen molar-refractivity contribution in [2.45, 2.75) is 40.0 Å². The summed E-state index contributed by atoms with van der Waals surface area (Å²) in [5.74, 6) is 0.609. The molecule has 5 nitrogen and oxygen atoms in total. The lowest BCUT2D eigenvalue weighted by molar-refractivity contribution is 0.0954. The van der Waals surface area contributed by atoms with Crippen LogP contribution in [0.5, 0.6) is 5.75 Å². The molecule has 2 aromatic carbocycles. The molecule has 0 aliphatic rings. The minimum absolute atomic E-state index is 0.103. The predicted octanol–water partition coefficient (Wildman–Crippen LogP) is 4.30. The Bertz CT molecular complexity index is 1050. The molecule has 29 heavy (non-hydrogen) atoms. The van der Waals surface area contributed by atoms with Crippen LogP contribution in [0.4, 0.5) is 0 Å². The van der Waals surface area contributed by atoms with Crippen LogP contribution < -0.4 is 15.6 Å². The molecule has 5 heteroatoms. The second-order valence-corrected chi connectivity index (χ2v) is 7.34. The van der Waals surface area contributed by atoms with Gasteiger partial charge in [0.05, 0.1) is 12.1 Å². The number of aromatic nitrogens is 1. The zero-order chi connectivity index (χ0) is 20.8. The molecule has 0 bridgehead atoms. The van der Waals surface area contributed by atoms with Crippen LogP contribution in [-0.4, -0.2) is 24.0 Å². The number of H-pyrrole nitrogens is 1. The van der Waals surface area contributed by atoms with Crippen molar-refractivity contribution in [1.82, 2.24) is 10.3 Å². The number of hydrogen-bond acceptors (Lipinski definition) is 3. The number of benzene rings is 2. The zero-order valence-corrected chi connectivity index (χ0v) is 17.3. The second-order valence-electron chi connectivity index (χ2n) is 7.34. The minimum atomic E-state index is -0.158. The summed E-state index contributed by atoms with van der Waals surface area (Å²) in [5, 5.41) is 3.93. The fourth-order valence-electron chi connectivity index (χ4n) is 3.25. The van der Waals surface area contributed by atoms with Crippen LogP contribution in [0, 0.1) is 13.8 Å². The third-order valence-corrected chi connectivity index (χ3v) is 5.08. The molecule has 3 aromatic rings. The van der Waals surface area contributed by atoms with Gasteiger partial charge in [0, 0.05) is 23.1 Å². The standard InChI is InChI=1S/C24H28N2O3/c1-4-5-14-29-20-10-8-18(9-11-20)23(27)25-13-12-19-15-21-16(2)6-7-17(3)22(21)26-24(19)28/h6-11,15H,4-5,12-14H2,1-3H3,(H,25,27)(H,26,28). The number of unbranched alkanes of at least 4 members (excludes halogenated alkanes) is 1. The Kier molecular flexibility index (Phi) is 6.70. The summed E-state index contributed by atoms with van der Waals surface area (Å²) < 4.78 is 5.62. The first-order chi connectivity index (χ1) is 14.0. The molecule has 0 saturated heterocycles. The number of carbonyl (C=O) groups is 1. The van der Waals surface area contributed by atoms with Gasteiger partial charge in [0.25, 0.3) is 11.5 Å². The van der Waals surface area contributed by atoms with E-state index >= 15 is 0 Å². The van der Waals surface area contributed by atoms with Gasteiger partial charge in [0.1, 0.15) is 5.75 Å². The van der Waals surface area contributed by atoms with Crippen LogP contribution in [0.3, 0.4) is 0 Å².